The molecule has 3 N–H and O–H groups in total. The van der Waals surface area contributed by atoms with Crippen LogP contribution >= 0.6 is 0 Å². The Kier molecular flexibility index (Phi) is 5.87. The molecule has 2 saturated carbocycles. The van der Waals surface area contributed by atoms with Crippen LogP contribution in [0.2, 0.25) is 0 Å². The Morgan fingerprint density at radius 3 is 2.78 bits per heavy atom. The van der Waals surface area contributed by atoms with Gasteiger partial charge in [-0.3, -0.25) is 4.79 Å². The summed E-state index contributed by atoms with van der Waals surface area (Å²) in [6.07, 6.45) is 16.8. The third kappa shape index (κ3) is 4.08. The molecule has 1 heterocycles. The largest absolute Gasteiger partial charge is 0.366 e. The highest BCUT2D eigenvalue weighted by atomic mass is 16.1. The van der Waals surface area contributed by atoms with E-state index in [1.54, 1.807) is 0 Å². The number of carbonyl (C=O) groups is 1. The quantitative estimate of drug-likeness (QED) is 0.753. The van der Waals surface area contributed by atoms with Gasteiger partial charge in [0.1, 0.15) is 0 Å². The molecule has 2 bridgehead atoms. The highest BCUT2D eigenvalue weighted by molar-refractivity contribution is 5.94. The van der Waals surface area contributed by atoms with Gasteiger partial charge < -0.3 is 11.1 Å². The van der Waals surface area contributed by atoms with Gasteiger partial charge >= 0.3 is 0 Å². The molecule has 3 heteroatoms. The first-order valence-electron chi connectivity index (χ1n) is 11.3. The maximum Gasteiger partial charge on any atom is 0.248 e. The Morgan fingerprint density at radius 1 is 1.11 bits per heavy atom. The summed E-state index contributed by atoms with van der Waals surface area (Å²) in [7, 11) is 0. The number of fused-ring (bicyclic) bond motifs is 2. The molecule has 148 valence electrons. The van der Waals surface area contributed by atoms with E-state index in [4.69, 9.17) is 5.73 Å². The maximum atomic E-state index is 12.2. The number of rotatable bonds is 6. The lowest BCUT2D eigenvalue weighted by atomic mass is 9.62. The highest BCUT2D eigenvalue weighted by Gasteiger charge is 2.41. The SMILES string of the molecule is NC(=O)c1cccc(C23CCCC(C2)NCC3)c1CCCC1CCCCC1. The van der Waals surface area contributed by atoms with Crippen molar-refractivity contribution in [3.8, 4) is 0 Å². The molecule has 1 saturated heterocycles. The Hall–Kier alpha value is -1.35. The second kappa shape index (κ2) is 8.34. The van der Waals surface area contributed by atoms with Crippen LogP contribution in [0.15, 0.2) is 18.2 Å². The molecule has 4 rings (SSSR count). The number of nitrogens with two attached hydrogens (primary N) is 1. The third-order valence-electron chi connectivity index (χ3n) is 7.66. The molecule has 2 unspecified atom stereocenters. The predicted molar refractivity (Wildman–Crippen MR) is 111 cm³/mol. The molecule has 1 aliphatic heterocycles. The first kappa shape index (κ1) is 19.0. The van der Waals surface area contributed by atoms with Crippen LogP contribution in [0.4, 0.5) is 0 Å². The summed E-state index contributed by atoms with van der Waals surface area (Å²) in [5.41, 5.74) is 9.58. The van der Waals surface area contributed by atoms with Crippen LogP contribution < -0.4 is 11.1 Å². The molecular formula is C24H36N2O. The molecule has 1 aromatic rings. The Labute approximate surface area is 164 Å². The molecule has 0 spiro atoms. The number of piperidine rings is 1. The molecule has 2 atom stereocenters. The Morgan fingerprint density at radius 2 is 1.96 bits per heavy atom. The van der Waals surface area contributed by atoms with Gasteiger partial charge in [-0.25, -0.2) is 0 Å². The van der Waals surface area contributed by atoms with Crippen LogP contribution in [-0.4, -0.2) is 18.5 Å². The van der Waals surface area contributed by atoms with Crippen LogP contribution in [0.25, 0.3) is 0 Å². The zero-order valence-corrected chi connectivity index (χ0v) is 16.8. The van der Waals surface area contributed by atoms with Crippen molar-refractivity contribution in [2.24, 2.45) is 11.7 Å². The molecule has 3 nitrogen and oxygen atoms in total. The summed E-state index contributed by atoms with van der Waals surface area (Å²) >= 11 is 0. The van der Waals surface area contributed by atoms with Crippen LogP contribution in [0.3, 0.4) is 0 Å². The number of hydrogen-bond acceptors (Lipinski definition) is 2. The fourth-order valence-corrected chi connectivity index (χ4v) is 6.29. The van der Waals surface area contributed by atoms with E-state index in [-0.39, 0.29) is 11.3 Å². The monoisotopic (exact) mass is 368 g/mol. The zero-order chi connectivity index (χ0) is 18.7. The standard InChI is InChI=1S/C24H36N2O/c25-23(27)21-12-5-13-22(24-14-6-10-19(17-24)26-16-15-24)20(21)11-4-9-18-7-2-1-3-8-18/h5,12-13,18-19,26H,1-4,6-11,14-17H2,(H2,25,27). The van der Waals surface area contributed by atoms with E-state index in [9.17, 15) is 4.79 Å². The number of carbonyl (C=O) groups excluding carboxylic acids is 1. The van der Waals surface area contributed by atoms with Crippen LogP contribution in [0, 0.1) is 5.92 Å². The first-order valence-corrected chi connectivity index (χ1v) is 11.3. The van der Waals surface area contributed by atoms with Crippen LogP contribution in [0.5, 0.6) is 0 Å². The average Bonchev–Trinajstić information content (AvgIpc) is 2.69. The van der Waals surface area contributed by atoms with Crippen molar-refractivity contribution in [2.75, 3.05) is 6.54 Å². The summed E-state index contributed by atoms with van der Waals surface area (Å²) in [5.74, 6) is 0.654. The summed E-state index contributed by atoms with van der Waals surface area (Å²) in [5, 5.41) is 3.70. The Balaban J connectivity index is 1.57. The number of primary amides is 1. The van der Waals surface area contributed by atoms with Crippen molar-refractivity contribution in [1.29, 1.82) is 0 Å². The van der Waals surface area contributed by atoms with Crippen molar-refractivity contribution in [2.45, 2.75) is 94.9 Å². The van der Waals surface area contributed by atoms with Gasteiger partial charge in [-0.15, -0.1) is 0 Å². The predicted octanol–water partition coefficient (Wildman–Crippen LogP) is 4.86. The summed E-state index contributed by atoms with van der Waals surface area (Å²) < 4.78 is 0. The first-order chi connectivity index (χ1) is 13.2. The molecule has 0 radical (unpaired) electrons. The highest BCUT2D eigenvalue weighted by Crippen LogP contribution is 2.46. The van der Waals surface area contributed by atoms with Crippen LogP contribution in [0.1, 0.15) is 98.5 Å². The van der Waals surface area contributed by atoms with Gasteiger partial charge in [-0.1, -0.05) is 57.1 Å². The number of hydrogen-bond donors (Lipinski definition) is 2. The molecular weight excluding hydrogens is 332 g/mol. The summed E-state index contributed by atoms with van der Waals surface area (Å²) in [6.45, 7) is 1.10. The minimum atomic E-state index is -0.248. The summed E-state index contributed by atoms with van der Waals surface area (Å²) in [6, 6.07) is 7.00. The molecule has 3 fully saturated rings. The minimum Gasteiger partial charge on any atom is -0.366 e. The van der Waals surface area contributed by atoms with E-state index in [1.165, 1.54) is 88.2 Å². The number of amides is 1. The smallest absolute Gasteiger partial charge is 0.248 e. The van der Waals surface area contributed by atoms with Crippen molar-refractivity contribution < 1.29 is 4.79 Å². The van der Waals surface area contributed by atoms with Crippen molar-refractivity contribution in [1.82, 2.24) is 5.32 Å². The van der Waals surface area contributed by atoms with Gasteiger partial charge in [0.25, 0.3) is 0 Å². The lowest BCUT2D eigenvalue weighted by molar-refractivity contribution is 0.0998. The summed E-state index contributed by atoms with van der Waals surface area (Å²) in [4.78, 5) is 12.2. The van der Waals surface area contributed by atoms with Gasteiger partial charge in [0.15, 0.2) is 0 Å². The molecule has 3 aliphatic rings. The Bertz CT molecular complexity index is 652. The fraction of sp³-hybridized carbons (Fsp3) is 0.708. The van der Waals surface area contributed by atoms with E-state index in [0.717, 1.165) is 24.4 Å². The van der Waals surface area contributed by atoms with Gasteiger partial charge in [-0.2, -0.15) is 0 Å². The van der Waals surface area contributed by atoms with Gasteiger partial charge in [0.2, 0.25) is 5.91 Å². The van der Waals surface area contributed by atoms with E-state index in [1.807, 2.05) is 6.07 Å². The lowest BCUT2D eigenvalue weighted by Gasteiger charge is -2.47. The maximum absolute atomic E-state index is 12.2. The van der Waals surface area contributed by atoms with Gasteiger partial charge in [0, 0.05) is 11.6 Å². The second-order valence-corrected chi connectivity index (χ2v) is 9.37. The van der Waals surface area contributed by atoms with Crippen molar-refractivity contribution in [3.05, 3.63) is 34.9 Å². The fourth-order valence-electron chi connectivity index (χ4n) is 6.29. The molecule has 0 aromatic heterocycles. The van der Waals surface area contributed by atoms with Gasteiger partial charge in [0.05, 0.1) is 0 Å². The number of nitrogens with one attached hydrogen (secondary N) is 1. The third-order valence-corrected chi connectivity index (χ3v) is 7.66. The molecule has 1 aromatic carbocycles. The average molecular weight is 369 g/mol. The molecule has 27 heavy (non-hydrogen) atoms. The van der Waals surface area contributed by atoms with Crippen LogP contribution in [-0.2, 0) is 11.8 Å². The van der Waals surface area contributed by atoms with Crippen molar-refractivity contribution >= 4 is 5.91 Å². The topological polar surface area (TPSA) is 55.1 Å². The van der Waals surface area contributed by atoms with E-state index in [0.29, 0.717) is 6.04 Å². The molecule has 2 aliphatic carbocycles. The van der Waals surface area contributed by atoms with Crippen molar-refractivity contribution in [3.63, 3.8) is 0 Å². The normalized spacial score (nSPS) is 28.8. The molecule has 1 amide bonds. The lowest BCUT2D eigenvalue weighted by Crippen LogP contribution is -2.49. The van der Waals surface area contributed by atoms with E-state index < -0.39 is 0 Å². The van der Waals surface area contributed by atoms with E-state index in [2.05, 4.69) is 17.4 Å². The second-order valence-electron chi connectivity index (χ2n) is 9.37. The van der Waals surface area contributed by atoms with Gasteiger partial charge in [-0.05, 0) is 73.6 Å². The number of benzene rings is 1. The zero-order valence-electron chi connectivity index (χ0n) is 16.8. The minimum absolute atomic E-state index is 0.248. The van der Waals surface area contributed by atoms with E-state index >= 15 is 0 Å².